The SMILES string of the molecule is C1CC2CC3C(CCS1)C3C2. The van der Waals surface area contributed by atoms with E-state index in [-0.39, 0.29) is 0 Å². The lowest BCUT2D eigenvalue weighted by atomic mass is 9.97. The van der Waals surface area contributed by atoms with Gasteiger partial charge in [0, 0.05) is 0 Å². The number of thioether (sulfide) groups is 1. The van der Waals surface area contributed by atoms with E-state index < -0.39 is 0 Å². The van der Waals surface area contributed by atoms with Gasteiger partial charge in [-0.3, -0.25) is 0 Å². The fraction of sp³-hybridized carbons (Fsp3) is 1.00. The lowest BCUT2D eigenvalue weighted by Gasteiger charge is -2.09. The zero-order valence-corrected chi connectivity index (χ0v) is 7.78. The summed E-state index contributed by atoms with van der Waals surface area (Å²) in [5.74, 6) is 7.67. The molecule has 0 spiro atoms. The maximum atomic E-state index is 2.20. The highest BCUT2D eigenvalue weighted by Gasteiger charge is 2.54. The average molecular weight is 168 g/mol. The van der Waals surface area contributed by atoms with Crippen LogP contribution >= 0.6 is 11.8 Å². The van der Waals surface area contributed by atoms with Crippen molar-refractivity contribution >= 4 is 11.8 Å². The van der Waals surface area contributed by atoms with E-state index in [4.69, 9.17) is 0 Å². The smallest absolute Gasteiger partial charge is 0.00647 e. The molecule has 2 heterocycles. The van der Waals surface area contributed by atoms with E-state index >= 15 is 0 Å². The first-order chi connectivity index (χ1) is 5.45. The number of hydrogen-bond donors (Lipinski definition) is 0. The molecule has 11 heavy (non-hydrogen) atoms. The second-order valence-corrected chi connectivity index (χ2v) is 5.74. The lowest BCUT2D eigenvalue weighted by molar-refractivity contribution is 0.431. The Morgan fingerprint density at radius 1 is 0.818 bits per heavy atom. The van der Waals surface area contributed by atoms with Gasteiger partial charge in [-0.15, -0.1) is 0 Å². The van der Waals surface area contributed by atoms with Crippen LogP contribution in [0.15, 0.2) is 0 Å². The first-order valence-electron chi connectivity index (χ1n) is 5.03. The predicted octanol–water partition coefficient (Wildman–Crippen LogP) is 2.79. The number of hydrogen-bond acceptors (Lipinski definition) is 1. The van der Waals surface area contributed by atoms with E-state index in [2.05, 4.69) is 11.8 Å². The molecular weight excluding hydrogens is 152 g/mol. The van der Waals surface area contributed by atoms with Gasteiger partial charge in [-0.25, -0.2) is 0 Å². The molecule has 0 amide bonds. The van der Waals surface area contributed by atoms with Crippen molar-refractivity contribution in [1.29, 1.82) is 0 Å². The molecule has 62 valence electrons. The Balaban J connectivity index is 1.73. The van der Waals surface area contributed by atoms with Gasteiger partial charge >= 0.3 is 0 Å². The molecule has 4 aliphatic rings. The molecule has 0 radical (unpaired) electrons. The molecule has 2 atom stereocenters. The molecule has 0 nitrogen and oxygen atoms in total. The monoisotopic (exact) mass is 168 g/mol. The summed E-state index contributed by atoms with van der Waals surface area (Å²) in [5.41, 5.74) is 0. The van der Waals surface area contributed by atoms with Gasteiger partial charge in [0.15, 0.2) is 0 Å². The summed E-state index contributed by atoms with van der Waals surface area (Å²) < 4.78 is 0. The van der Waals surface area contributed by atoms with Crippen molar-refractivity contribution in [2.75, 3.05) is 11.5 Å². The van der Waals surface area contributed by atoms with E-state index in [9.17, 15) is 0 Å². The van der Waals surface area contributed by atoms with Gasteiger partial charge < -0.3 is 0 Å². The Morgan fingerprint density at radius 3 is 2.36 bits per heavy atom. The van der Waals surface area contributed by atoms with E-state index in [0.717, 1.165) is 5.92 Å². The average Bonchev–Trinajstić information content (AvgIpc) is 2.54. The molecule has 0 N–H and O–H groups in total. The molecular formula is C10H16S. The van der Waals surface area contributed by atoms with Gasteiger partial charge in [-0.2, -0.15) is 11.8 Å². The van der Waals surface area contributed by atoms with Crippen molar-refractivity contribution in [3.63, 3.8) is 0 Å². The van der Waals surface area contributed by atoms with Gasteiger partial charge in [-0.05, 0) is 60.9 Å². The van der Waals surface area contributed by atoms with E-state index in [1.807, 2.05) is 0 Å². The highest BCUT2D eigenvalue weighted by molar-refractivity contribution is 7.99. The zero-order valence-electron chi connectivity index (χ0n) is 6.96. The molecule has 2 aliphatic heterocycles. The fourth-order valence-electron chi connectivity index (χ4n) is 3.32. The van der Waals surface area contributed by atoms with Crippen LogP contribution in [0.5, 0.6) is 0 Å². The lowest BCUT2D eigenvalue weighted by Crippen LogP contribution is -1.99. The second-order valence-electron chi connectivity index (χ2n) is 4.52. The standard InChI is InChI=1S/C10H16S/c1-3-11-4-2-8-9-5-7(1)6-10(8)9/h7-10H,1-6H2. The van der Waals surface area contributed by atoms with Crippen molar-refractivity contribution in [2.24, 2.45) is 23.7 Å². The maximum Gasteiger partial charge on any atom is -0.00647 e. The molecule has 2 aliphatic carbocycles. The molecule has 4 fully saturated rings. The third-order valence-corrected chi connectivity index (χ3v) is 5.03. The summed E-state index contributed by atoms with van der Waals surface area (Å²) in [4.78, 5) is 0. The van der Waals surface area contributed by atoms with Crippen LogP contribution in [0.4, 0.5) is 0 Å². The van der Waals surface area contributed by atoms with Gasteiger partial charge in [0.25, 0.3) is 0 Å². The van der Waals surface area contributed by atoms with E-state index in [0.29, 0.717) is 0 Å². The minimum Gasteiger partial charge on any atom is -0.162 e. The van der Waals surface area contributed by atoms with Crippen LogP contribution in [0.1, 0.15) is 25.7 Å². The summed E-state index contributed by atoms with van der Waals surface area (Å²) >= 11 is 2.20. The van der Waals surface area contributed by atoms with E-state index in [1.54, 1.807) is 19.3 Å². The third-order valence-electron chi connectivity index (χ3n) is 3.99. The molecule has 2 unspecified atom stereocenters. The topological polar surface area (TPSA) is 0 Å². The molecule has 4 rings (SSSR count). The van der Waals surface area contributed by atoms with Crippen LogP contribution in [0.2, 0.25) is 0 Å². The third kappa shape index (κ3) is 1.04. The van der Waals surface area contributed by atoms with E-state index in [1.165, 1.54) is 35.7 Å². The minimum absolute atomic E-state index is 1.15. The number of rotatable bonds is 0. The first-order valence-corrected chi connectivity index (χ1v) is 6.18. The molecule has 4 bridgehead atoms. The highest BCUT2D eigenvalue weighted by Crippen LogP contribution is 2.62. The maximum absolute atomic E-state index is 2.20. The van der Waals surface area contributed by atoms with Gasteiger partial charge in [0.2, 0.25) is 0 Å². The van der Waals surface area contributed by atoms with Crippen molar-refractivity contribution < 1.29 is 0 Å². The number of fused-ring (bicyclic) bond motifs is 4. The fourth-order valence-corrected chi connectivity index (χ4v) is 4.47. The zero-order chi connectivity index (χ0) is 7.26. The van der Waals surface area contributed by atoms with Crippen molar-refractivity contribution in [1.82, 2.24) is 0 Å². The summed E-state index contributed by atoms with van der Waals surface area (Å²) in [6.45, 7) is 0. The van der Waals surface area contributed by atoms with Gasteiger partial charge in [0.1, 0.15) is 0 Å². The van der Waals surface area contributed by atoms with Crippen LogP contribution in [-0.4, -0.2) is 11.5 Å². The summed E-state index contributed by atoms with van der Waals surface area (Å²) in [7, 11) is 0. The Labute approximate surface area is 73.1 Å². The second kappa shape index (κ2) is 2.42. The van der Waals surface area contributed by atoms with Crippen molar-refractivity contribution in [2.45, 2.75) is 25.7 Å². The minimum atomic E-state index is 1.15. The summed E-state index contributed by atoms with van der Waals surface area (Å²) in [6.07, 6.45) is 6.29. The van der Waals surface area contributed by atoms with Gasteiger partial charge in [-0.1, -0.05) is 0 Å². The molecule has 0 aromatic heterocycles. The van der Waals surface area contributed by atoms with Crippen LogP contribution in [0, 0.1) is 23.7 Å². The van der Waals surface area contributed by atoms with Crippen LogP contribution in [-0.2, 0) is 0 Å². The van der Waals surface area contributed by atoms with Gasteiger partial charge in [0.05, 0.1) is 0 Å². The van der Waals surface area contributed by atoms with Crippen LogP contribution in [0.25, 0.3) is 0 Å². The van der Waals surface area contributed by atoms with Crippen LogP contribution < -0.4 is 0 Å². The predicted molar refractivity (Wildman–Crippen MR) is 49.8 cm³/mol. The summed E-state index contributed by atoms with van der Waals surface area (Å²) in [5, 5.41) is 0. The molecule has 2 saturated carbocycles. The normalized spacial score (nSPS) is 54.5. The summed E-state index contributed by atoms with van der Waals surface area (Å²) in [6, 6.07) is 0. The molecule has 0 aromatic carbocycles. The Morgan fingerprint density at radius 2 is 1.55 bits per heavy atom. The molecule has 1 heteroatoms. The highest BCUT2D eigenvalue weighted by atomic mass is 32.2. The molecule has 0 aromatic rings. The van der Waals surface area contributed by atoms with Crippen molar-refractivity contribution in [3.8, 4) is 0 Å². The van der Waals surface area contributed by atoms with Crippen LogP contribution in [0.3, 0.4) is 0 Å². The molecule has 2 saturated heterocycles. The quantitative estimate of drug-likeness (QED) is 0.536. The van der Waals surface area contributed by atoms with Crippen molar-refractivity contribution in [3.05, 3.63) is 0 Å². The first kappa shape index (κ1) is 6.82. The Kier molecular flexibility index (Phi) is 1.50. The Bertz CT molecular complexity index is 144. The largest absolute Gasteiger partial charge is 0.162 e. The Hall–Kier alpha value is 0.350.